The van der Waals surface area contributed by atoms with Crippen molar-refractivity contribution in [3.63, 3.8) is 0 Å². The van der Waals surface area contributed by atoms with E-state index in [1.807, 2.05) is 30.3 Å². The summed E-state index contributed by atoms with van der Waals surface area (Å²) in [4.78, 5) is 24.7. The lowest BCUT2D eigenvalue weighted by Gasteiger charge is -2.37. The van der Waals surface area contributed by atoms with Gasteiger partial charge in [-0.2, -0.15) is 0 Å². The number of carbonyl (C=O) groups is 1. The maximum atomic E-state index is 11.8. The number of piperidine rings is 1. The van der Waals surface area contributed by atoms with Crippen LogP contribution < -0.4 is 15.1 Å². The fourth-order valence-electron chi connectivity index (χ4n) is 3.29. The topological polar surface area (TPSA) is 61.4 Å². The number of nitrogens with zero attached hydrogens (tertiary/aromatic N) is 4. The highest BCUT2D eigenvalue weighted by Gasteiger charge is 2.27. The Morgan fingerprint density at radius 1 is 1.24 bits per heavy atom. The molecule has 0 spiro atoms. The molecule has 1 amide bonds. The number of anilines is 3. The second-order valence-corrected chi connectivity index (χ2v) is 6.48. The van der Waals surface area contributed by atoms with Crippen LogP contribution in [0.2, 0.25) is 0 Å². The molecule has 0 bridgehead atoms. The lowest BCUT2D eigenvalue weighted by Crippen LogP contribution is -2.45. The van der Waals surface area contributed by atoms with E-state index < -0.39 is 0 Å². The normalized spacial score (nSPS) is 15.1. The molecule has 1 fully saturated rings. The van der Waals surface area contributed by atoms with Gasteiger partial charge in [0.1, 0.15) is 11.6 Å². The monoisotopic (exact) mass is 339 g/mol. The number of hydrogen-bond donors (Lipinski definition) is 1. The molecule has 2 aromatic heterocycles. The standard InChI is InChI=1S/C19H25N5O/c1-14-11-18(22-12-15(14)2)23-9-6-16(7-10-23)24(13-25)17-5-4-8-21-19(17)20-3/h4-5,8,11-13,16H,6-7,9-10H2,1-3H3,(H,20,21). The zero-order chi connectivity index (χ0) is 17.8. The summed E-state index contributed by atoms with van der Waals surface area (Å²) in [5.41, 5.74) is 3.31. The van der Waals surface area contributed by atoms with Gasteiger partial charge in [-0.3, -0.25) is 4.79 Å². The van der Waals surface area contributed by atoms with Crippen LogP contribution in [0.15, 0.2) is 30.6 Å². The average molecular weight is 339 g/mol. The van der Waals surface area contributed by atoms with Crippen LogP contribution in [0.3, 0.4) is 0 Å². The van der Waals surface area contributed by atoms with Crippen LogP contribution in [0.25, 0.3) is 0 Å². The van der Waals surface area contributed by atoms with E-state index in [2.05, 4.69) is 40.1 Å². The molecule has 3 heterocycles. The van der Waals surface area contributed by atoms with Gasteiger partial charge < -0.3 is 15.1 Å². The third kappa shape index (κ3) is 3.57. The van der Waals surface area contributed by atoms with Gasteiger partial charge in [-0.25, -0.2) is 9.97 Å². The highest BCUT2D eigenvalue weighted by Crippen LogP contribution is 2.28. The predicted molar refractivity (Wildman–Crippen MR) is 101 cm³/mol. The summed E-state index contributed by atoms with van der Waals surface area (Å²) < 4.78 is 0. The number of aromatic nitrogens is 2. The zero-order valence-electron chi connectivity index (χ0n) is 15.1. The number of rotatable bonds is 5. The Kier molecular flexibility index (Phi) is 5.16. The molecule has 0 unspecified atom stereocenters. The third-order valence-electron chi connectivity index (χ3n) is 4.95. The van der Waals surface area contributed by atoms with Crippen LogP contribution in [0.5, 0.6) is 0 Å². The first kappa shape index (κ1) is 17.2. The van der Waals surface area contributed by atoms with E-state index in [0.717, 1.165) is 49.7 Å². The molecular formula is C19H25N5O. The van der Waals surface area contributed by atoms with Gasteiger partial charge in [0.2, 0.25) is 6.41 Å². The molecule has 6 nitrogen and oxygen atoms in total. The Hall–Kier alpha value is -2.63. The lowest BCUT2D eigenvalue weighted by atomic mass is 10.0. The quantitative estimate of drug-likeness (QED) is 0.849. The Morgan fingerprint density at radius 3 is 2.64 bits per heavy atom. The maximum Gasteiger partial charge on any atom is 0.214 e. The van der Waals surface area contributed by atoms with E-state index in [0.29, 0.717) is 0 Å². The molecule has 1 aliphatic heterocycles. The van der Waals surface area contributed by atoms with Crippen molar-refractivity contribution in [3.05, 3.63) is 41.7 Å². The summed E-state index contributed by atoms with van der Waals surface area (Å²) in [7, 11) is 1.82. The first-order chi connectivity index (χ1) is 12.1. The average Bonchev–Trinajstić information content (AvgIpc) is 2.65. The number of nitrogens with one attached hydrogen (secondary N) is 1. The fourth-order valence-corrected chi connectivity index (χ4v) is 3.29. The Balaban J connectivity index is 1.72. The number of pyridine rings is 2. The van der Waals surface area contributed by atoms with E-state index in [4.69, 9.17) is 0 Å². The van der Waals surface area contributed by atoms with Crippen molar-refractivity contribution in [2.75, 3.05) is 35.3 Å². The minimum Gasteiger partial charge on any atom is -0.371 e. The summed E-state index contributed by atoms with van der Waals surface area (Å²) in [5.74, 6) is 1.75. The van der Waals surface area contributed by atoms with Crippen LogP contribution in [-0.2, 0) is 4.79 Å². The van der Waals surface area contributed by atoms with Gasteiger partial charge >= 0.3 is 0 Å². The highest BCUT2D eigenvalue weighted by molar-refractivity contribution is 5.82. The number of carbonyl (C=O) groups excluding carboxylic acids is 1. The van der Waals surface area contributed by atoms with Crippen LogP contribution in [-0.4, -0.2) is 42.6 Å². The molecule has 0 atom stereocenters. The zero-order valence-corrected chi connectivity index (χ0v) is 15.1. The first-order valence-corrected chi connectivity index (χ1v) is 8.68. The SMILES string of the molecule is CNc1ncccc1N(C=O)C1CCN(c2cc(C)c(C)cn2)CC1. The van der Waals surface area contributed by atoms with Gasteiger partial charge in [0.05, 0.1) is 5.69 Å². The molecule has 3 rings (SSSR count). The molecule has 0 aromatic carbocycles. The molecule has 0 saturated carbocycles. The van der Waals surface area contributed by atoms with Crippen molar-refractivity contribution >= 4 is 23.7 Å². The second-order valence-electron chi connectivity index (χ2n) is 6.48. The molecule has 6 heteroatoms. The lowest BCUT2D eigenvalue weighted by molar-refractivity contribution is -0.108. The summed E-state index contributed by atoms with van der Waals surface area (Å²) in [6.45, 7) is 5.97. The van der Waals surface area contributed by atoms with E-state index in [-0.39, 0.29) is 6.04 Å². The first-order valence-electron chi connectivity index (χ1n) is 8.68. The third-order valence-corrected chi connectivity index (χ3v) is 4.95. The molecule has 2 aromatic rings. The molecule has 1 aliphatic rings. The smallest absolute Gasteiger partial charge is 0.214 e. The summed E-state index contributed by atoms with van der Waals surface area (Å²) in [6.07, 6.45) is 6.40. The molecule has 0 aliphatic carbocycles. The van der Waals surface area contributed by atoms with Crippen LogP contribution in [0.1, 0.15) is 24.0 Å². The summed E-state index contributed by atoms with van der Waals surface area (Å²) in [5, 5.41) is 3.06. The minimum atomic E-state index is 0.177. The van der Waals surface area contributed by atoms with Gasteiger partial charge in [0.15, 0.2) is 0 Å². The second kappa shape index (κ2) is 7.51. The molecular weight excluding hydrogens is 314 g/mol. The fraction of sp³-hybridized carbons (Fsp3) is 0.421. The highest BCUT2D eigenvalue weighted by atomic mass is 16.1. The van der Waals surface area contributed by atoms with Crippen molar-refractivity contribution in [2.45, 2.75) is 32.7 Å². The van der Waals surface area contributed by atoms with E-state index in [1.165, 1.54) is 11.1 Å². The van der Waals surface area contributed by atoms with E-state index in [9.17, 15) is 4.79 Å². The van der Waals surface area contributed by atoms with Crippen molar-refractivity contribution in [1.29, 1.82) is 0 Å². The molecule has 1 N–H and O–H groups in total. The van der Waals surface area contributed by atoms with Gasteiger partial charge in [-0.15, -0.1) is 0 Å². The van der Waals surface area contributed by atoms with E-state index in [1.54, 1.807) is 6.20 Å². The summed E-state index contributed by atoms with van der Waals surface area (Å²) in [6, 6.07) is 6.12. The Morgan fingerprint density at radius 2 is 2.00 bits per heavy atom. The molecule has 1 saturated heterocycles. The van der Waals surface area contributed by atoms with Gasteiger partial charge in [-0.05, 0) is 56.0 Å². The Labute approximate surface area is 148 Å². The Bertz CT molecular complexity index is 740. The number of aryl methyl sites for hydroxylation is 2. The van der Waals surface area contributed by atoms with Gasteiger partial charge in [-0.1, -0.05) is 0 Å². The number of amides is 1. The van der Waals surface area contributed by atoms with Gasteiger partial charge in [0, 0.05) is 38.6 Å². The largest absolute Gasteiger partial charge is 0.371 e. The minimum absolute atomic E-state index is 0.177. The predicted octanol–water partition coefficient (Wildman–Crippen LogP) is 2.77. The summed E-state index contributed by atoms with van der Waals surface area (Å²) >= 11 is 0. The molecule has 25 heavy (non-hydrogen) atoms. The molecule has 0 radical (unpaired) electrons. The van der Waals surface area contributed by atoms with Crippen molar-refractivity contribution in [3.8, 4) is 0 Å². The maximum absolute atomic E-state index is 11.8. The molecule has 132 valence electrons. The van der Waals surface area contributed by atoms with Crippen LogP contribution >= 0.6 is 0 Å². The van der Waals surface area contributed by atoms with Crippen molar-refractivity contribution in [1.82, 2.24) is 9.97 Å². The van der Waals surface area contributed by atoms with Gasteiger partial charge in [0.25, 0.3) is 0 Å². The van der Waals surface area contributed by atoms with Crippen molar-refractivity contribution < 1.29 is 4.79 Å². The van der Waals surface area contributed by atoms with Crippen LogP contribution in [0.4, 0.5) is 17.3 Å². The van der Waals surface area contributed by atoms with Crippen molar-refractivity contribution in [2.24, 2.45) is 0 Å². The number of hydrogen-bond acceptors (Lipinski definition) is 5. The van der Waals surface area contributed by atoms with Crippen LogP contribution in [0, 0.1) is 13.8 Å². The van der Waals surface area contributed by atoms with E-state index >= 15 is 0 Å².